The Balaban J connectivity index is 1.68. The van der Waals surface area contributed by atoms with Crippen LogP contribution in [0.1, 0.15) is 26.5 Å². The van der Waals surface area contributed by atoms with E-state index in [0.29, 0.717) is 21.5 Å². The van der Waals surface area contributed by atoms with E-state index in [1.165, 1.54) is 15.9 Å². The highest BCUT2D eigenvalue weighted by molar-refractivity contribution is 7.19. The van der Waals surface area contributed by atoms with Crippen molar-refractivity contribution in [1.29, 1.82) is 0 Å². The van der Waals surface area contributed by atoms with Gasteiger partial charge in [0.25, 0.3) is 17.4 Å². The lowest BCUT2D eigenvalue weighted by molar-refractivity contribution is 0.0880. The van der Waals surface area contributed by atoms with Gasteiger partial charge in [-0.25, -0.2) is 0 Å². The maximum absolute atomic E-state index is 12.6. The average Bonchev–Trinajstić information content (AvgIpc) is 3.31. The molecular formula is C17H11N7O3S. The number of rotatable bonds is 2. The van der Waals surface area contributed by atoms with E-state index >= 15 is 0 Å². The monoisotopic (exact) mass is 393 g/mol. The molecule has 3 N–H and O–H groups in total. The fraction of sp³-hybridized carbons (Fsp3) is 0.0588. The summed E-state index contributed by atoms with van der Waals surface area (Å²) in [6.07, 6.45) is 0. The first kappa shape index (κ1) is 16.3. The zero-order valence-corrected chi connectivity index (χ0v) is 15.1. The molecule has 0 fully saturated rings. The van der Waals surface area contributed by atoms with Gasteiger partial charge in [0.1, 0.15) is 10.8 Å². The molecule has 1 aliphatic rings. The fourth-order valence-electron chi connectivity index (χ4n) is 3.16. The fourth-order valence-corrected chi connectivity index (χ4v) is 4.04. The van der Waals surface area contributed by atoms with E-state index < -0.39 is 17.4 Å². The first-order chi connectivity index (χ1) is 13.4. The molecule has 0 radical (unpaired) electrons. The van der Waals surface area contributed by atoms with Crippen LogP contribution in [0.5, 0.6) is 0 Å². The minimum absolute atomic E-state index is 0.00409. The van der Waals surface area contributed by atoms with Crippen LogP contribution in [-0.2, 0) is 0 Å². The van der Waals surface area contributed by atoms with Crippen LogP contribution in [0.15, 0.2) is 35.1 Å². The summed E-state index contributed by atoms with van der Waals surface area (Å²) in [6.45, 7) is 1.80. The smallest absolute Gasteiger partial charge is 0.262 e. The second kappa shape index (κ2) is 5.57. The van der Waals surface area contributed by atoms with Gasteiger partial charge in [0.15, 0.2) is 5.82 Å². The summed E-state index contributed by atoms with van der Waals surface area (Å²) < 4.78 is 2.84. The van der Waals surface area contributed by atoms with E-state index in [1.54, 1.807) is 29.6 Å². The zero-order valence-electron chi connectivity index (χ0n) is 14.3. The summed E-state index contributed by atoms with van der Waals surface area (Å²) in [6, 6.07) is 8.14. The molecule has 4 heterocycles. The number of fused-ring (bicyclic) bond motifs is 2. The standard InChI is InChI=1S/C17H11N7O3S/c1-7-20-21-17-24(7)22-16(28-17)8-3-2-4-9(5-8)23-11(25)6-10-12(13(23)18)15(27)19-14(10)26/h2-6H,18H2,1H3,(H,19,26,27). The van der Waals surface area contributed by atoms with Crippen molar-refractivity contribution < 1.29 is 9.59 Å². The van der Waals surface area contributed by atoms with Gasteiger partial charge in [0, 0.05) is 11.6 Å². The number of hydrogen-bond donors (Lipinski definition) is 2. The van der Waals surface area contributed by atoms with Crippen LogP contribution in [0, 0.1) is 6.92 Å². The molecule has 11 heteroatoms. The lowest BCUT2D eigenvalue weighted by Gasteiger charge is -2.12. The van der Waals surface area contributed by atoms with Gasteiger partial charge < -0.3 is 5.73 Å². The van der Waals surface area contributed by atoms with Crippen LogP contribution >= 0.6 is 11.3 Å². The number of aryl methyl sites for hydroxylation is 1. The molecule has 5 rings (SSSR count). The van der Waals surface area contributed by atoms with Gasteiger partial charge in [0.05, 0.1) is 16.8 Å². The van der Waals surface area contributed by atoms with Crippen molar-refractivity contribution in [1.82, 2.24) is 29.7 Å². The molecule has 2 amide bonds. The summed E-state index contributed by atoms with van der Waals surface area (Å²) >= 11 is 1.36. The summed E-state index contributed by atoms with van der Waals surface area (Å²) in [7, 11) is 0. The van der Waals surface area contributed by atoms with Crippen LogP contribution in [-0.4, -0.2) is 36.2 Å². The van der Waals surface area contributed by atoms with Crippen molar-refractivity contribution in [2.24, 2.45) is 0 Å². The number of anilines is 1. The average molecular weight is 393 g/mol. The number of nitrogens with zero attached hydrogens (tertiary/aromatic N) is 5. The normalized spacial score (nSPS) is 13.2. The van der Waals surface area contributed by atoms with Gasteiger partial charge in [0.2, 0.25) is 4.96 Å². The number of hydrogen-bond acceptors (Lipinski definition) is 8. The van der Waals surface area contributed by atoms with Gasteiger partial charge in [-0.1, -0.05) is 23.5 Å². The lowest BCUT2D eigenvalue weighted by atomic mass is 10.1. The Morgan fingerprint density at radius 2 is 1.93 bits per heavy atom. The second-order valence-corrected chi connectivity index (χ2v) is 7.13. The SMILES string of the molecule is Cc1nnc2sc(-c3cccc(-n4c(N)c5c(cc4=O)C(=O)NC5=O)c3)nn12. The highest BCUT2D eigenvalue weighted by Crippen LogP contribution is 2.28. The number of pyridine rings is 1. The van der Waals surface area contributed by atoms with Crippen molar-refractivity contribution in [2.45, 2.75) is 6.92 Å². The number of benzene rings is 1. The number of nitrogens with two attached hydrogens (primary N) is 1. The van der Waals surface area contributed by atoms with Gasteiger partial charge >= 0.3 is 0 Å². The topological polar surface area (TPSA) is 137 Å². The molecule has 0 unspecified atom stereocenters. The molecule has 0 saturated carbocycles. The van der Waals surface area contributed by atoms with Crippen LogP contribution < -0.4 is 16.6 Å². The van der Waals surface area contributed by atoms with Crippen LogP contribution in [0.2, 0.25) is 0 Å². The number of amides is 2. The molecule has 28 heavy (non-hydrogen) atoms. The van der Waals surface area contributed by atoms with Crippen molar-refractivity contribution in [3.05, 3.63) is 57.6 Å². The van der Waals surface area contributed by atoms with E-state index in [4.69, 9.17) is 5.73 Å². The Hall–Kier alpha value is -3.86. The van der Waals surface area contributed by atoms with Crippen molar-refractivity contribution in [3.63, 3.8) is 0 Å². The van der Waals surface area contributed by atoms with Crippen molar-refractivity contribution in [3.8, 4) is 16.3 Å². The Morgan fingerprint density at radius 3 is 2.71 bits per heavy atom. The van der Waals surface area contributed by atoms with E-state index in [1.807, 2.05) is 6.07 Å². The highest BCUT2D eigenvalue weighted by atomic mass is 32.1. The van der Waals surface area contributed by atoms with Gasteiger partial charge in [-0.15, -0.1) is 10.2 Å². The summed E-state index contributed by atoms with van der Waals surface area (Å²) in [4.78, 5) is 37.1. The molecule has 0 saturated heterocycles. The minimum Gasteiger partial charge on any atom is -0.384 e. The van der Waals surface area contributed by atoms with Crippen molar-refractivity contribution in [2.75, 3.05) is 5.73 Å². The molecule has 0 atom stereocenters. The first-order valence-corrected chi connectivity index (χ1v) is 8.96. The van der Waals surface area contributed by atoms with Gasteiger partial charge in [-0.3, -0.25) is 24.3 Å². The molecule has 0 spiro atoms. The number of imide groups is 1. The number of aromatic nitrogens is 5. The number of nitrogens with one attached hydrogen (secondary N) is 1. The minimum atomic E-state index is -0.625. The third kappa shape index (κ3) is 2.19. The number of carbonyl (C=O) groups excluding carboxylic acids is 2. The Labute approximate surface area is 160 Å². The first-order valence-electron chi connectivity index (χ1n) is 8.15. The van der Waals surface area contributed by atoms with E-state index in [0.717, 1.165) is 11.6 Å². The quantitative estimate of drug-likeness (QED) is 0.480. The van der Waals surface area contributed by atoms with Crippen LogP contribution in [0.4, 0.5) is 5.82 Å². The molecule has 3 aromatic heterocycles. The molecule has 1 aromatic carbocycles. The molecule has 0 bridgehead atoms. The highest BCUT2D eigenvalue weighted by Gasteiger charge is 2.31. The van der Waals surface area contributed by atoms with Crippen molar-refractivity contribution >= 4 is 33.9 Å². The van der Waals surface area contributed by atoms with Gasteiger partial charge in [-0.2, -0.15) is 9.61 Å². The maximum atomic E-state index is 12.6. The summed E-state index contributed by atoms with van der Waals surface area (Å²) in [5.74, 6) is -0.660. The van der Waals surface area contributed by atoms with Crippen LogP contribution in [0.3, 0.4) is 0 Å². The van der Waals surface area contributed by atoms with E-state index in [2.05, 4.69) is 20.6 Å². The zero-order chi connectivity index (χ0) is 19.6. The summed E-state index contributed by atoms with van der Waals surface area (Å²) in [5, 5.41) is 15.3. The molecule has 10 nitrogen and oxygen atoms in total. The molecule has 0 aliphatic carbocycles. The molecular weight excluding hydrogens is 382 g/mol. The number of nitrogen functional groups attached to an aromatic ring is 1. The largest absolute Gasteiger partial charge is 0.384 e. The third-order valence-electron chi connectivity index (χ3n) is 4.45. The Bertz CT molecular complexity index is 1380. The summed E-state index contributed by atoms with van der Waals surface area (Å²) in [5.41, 5.74) is 6.78. The molecule has 138 valence electrons. The predicted octanol–water partition coefficient (Wildman–Crippen LogP) is 0.778. The molecule has 1 aliphatic heterocycles. The van der Waals surface area contributed by atoms with Gasteiger partial charge in [-0.05, 0) is 19.1 Å². The molecule has 4 aromatic rings. The lowest BCUT2D eigenvalue weighted by Crippen LogP contribution is -2.24. The Kier molecular flexibility index (Phi) is 3.25. The maximum Gasteiger partial charge on any atom is 0.262 e. The predicted molar refractivity (Wildman–Crippen MR) is 101 cm³/mol. The second-order valence-electron chi connectivity index (χ2n) is 6.17. The Morgan fingerprint density at radius 1 is 1.11 bits per heavy atom. The van der Waals surface area contributed by atoms with E-state index in [9.17, 15) is 14.4 Å². The van der Waals surface area contributed by atoms with E-state index in [-0.39, 0.29) is 16.9 Å². The van der Waals surface area contributed by atoms with Crippen LogP contribution in [0.25, 0.3) is 21.2 Å². The third-order valence-corrected chi connectivity index (χ3v) is 5.40. The number of carbonyl (C=O) groups is 2.